The van der Waals surface area contributed by atoms with Crippen LogP contribution in [-0.4, -0.2) is 21.0 Å². The minimum absolute atomic E-state index is 0.0864. The molecule has 5 rings (SSSR count). The highest BCUT2D eigenvalue weighted by molar-refractivity contribution is 6.05. The third-order valence-corrected chi connectivity index (χ3v) is 4.44. The molecule has 0 aliphatic heterocycles. The van der Waals surface area contributed by atoms with Crippen LogP contribution in [0.15, 0.2) is 81.9 Å². The summed E-state index contributed by atoms with van der Waals surface area (Å²) < 4.78 is 24.1. The van der Waals surface area contributed by atoms with Crippen LogP contribution in [0, 0.1) is 5.82 Å². The molecule has 1 amide bonds. The molecule has 0 unspecified atom stereocenters. The summed E-state index contributed by atoms with van der Waals surface area (Å²) in [6, 6.07) is 17.9. The SMILES string of the molecule is O=C(Nc1ccccc1-c1nc2ncccc2o1)c1cc(-c2ccc(F)cc2)on1. The fourth-order valence-corrected chi connectivity index (χ4v) is 2.98. The standard InChI is InChI=1S/C22H13FN4O3/c23-14-9-7-13(8-10-14)19-12-17(27-30-19)21(28)25-16-5-2-1-4-15(16)22-26-20-18(29-22)6-3-11-24-20/h1-12H,(H,25,28). The molecule has 146 valence electrons. The first-order valence-corrected chi connectivity index (χ1v) is 9.02. The molecule has 0 aliphatic rings. The number of halogens is 1. The Morgan fingerprint density at radius 1 is 1.00 bits per heavy atom. The van der Waals surface area contributed by atoms with Gasteiger partial charge in [-0.1, -0.05) is 17.3 Å². The van der Waals surface area contributed by atoms with E-state index in [1.54, 1.807) is 48.7 Å². The lowest BCUT2D eigenvalue weighted by atomic mass is 10.1. The Kier molecular flexibility index (Phi) is 4.29. The highest BCUT2D eigenvalue weighted by atomic mass is 19.1. The zero-order valence-electron chi connectivity index (χ0n) is 15.4. The molecule has 5 aromatic rings. The summed E-state index contributed by atoms with van der Waals surface area (Å²) in [6.45, 7) is 0. The van der Waals surface area contributed by atoms with Gasteiger partial charge >= 0.3 is 0 Å². The van der Waals surface area contributed by atoms with E-state index in [-0.39, 0.29) is 11.5 Å². The van der Waals surface area contributed by atoms with Gasteiger partial charge in [-0.05, 0) is 48.5 Å². The highest BCUT2D eigenvalue weighted by Crippen LogP contribution is 2.30. The van der Waals surface area contributed by atoms with Gasteiger partial charge in [-0.2, -0.15) is 4.98 Å². The predicted molar refractivity (Wildman–Crippen MR) is 107 cm³/mol. The summed E-state index contributed by atoms with van der Waals surface area (Å²) >= 11 is 0. The number of oxazole rings is 1. The van der Waals surface area contributed by atoms with E-state index in [1.165, 1.54) is 18.2 Å². The van der Waals surface area contributed by atoms with Crippen molar-refractivity contribution in [2.75, 3.05) is 5.32 Å². The number of hydrogen-bond donors (Lipinski definition) is 1. The van der Waals surface area contributed by atoms with Gasteiger partial charge in [0.15, 0.2) is 22.7 Å². The Morgan fingerprint density at radius 3 is 2.67 bits per heavy atom. The van der Waals surface area contributed by atoms with E-state index < -0.39 is 5.91 Å². The number of nitrogens with one attached hydrogen (secondary N) is 1. The van der Waals surface area contributed by atoms with Crippen molar-refractivity contribution < 1.29 is 18.1 Å². The number of anilines is 1. The van der Waals surface area contributed by atoms with E-state index in [0.29, 0.717) is 39.7 Å². The van der Waals surface area contributed by atoms with Crippen LogP contribution < -0.4 is 5.32 Å². The topological polar surface area (TPSA) is 94.1 Å². The largest absolute Gasteiger partial charge is 0.434 e. The maximum absolute atomic E-state index is 13.1. The number of hydrogen-bond acceptors (Lipinski definition) is 6. The van der Waals surface area contributed by atoms with E-state index in [4.69, 9.17) is 8.94 Å². The van der Waals surface area contributed by atoms with Crippen LogP contribution in [0.1, 0.15) is 10.5 Å². The molecule has 7 nitrogen and oxygen atoms in total. The van der Waals surface area contributed by atoms with Crippen LogP contribution in [0.4, 0.5) is 10.1 Å². The number of nitrogens with zero attached hydrogens (tertiary/aromatic N) is 3. The maximum atomic E-state index is 13.1. The van der Waals surface area contributed by atoms with Gasteiger partial charge < -0.3 is 14.3 Å². The van der Waals surface area contributed by atoms with Gasteiger partial charge in [0.1, 0.15) is 5.82 Å². The number of pyridine rings is 1. The van der Waals surface area contributed by atoms with Crippen molar-refractivity contribution in [3.8, 4) is 22.8 Å². The lowest BCUT2D eigenvalue weighted by Crippen LogP contribution is -2.12. The smallest absolute Gasteiger partial charge is 0.277 e. The van der Waals surface area contributed by atoms with E-state index >= 15 is 0 Å². The minimum atomic E-state index is -0.464. The molecule has 0 spiro atoms. The van der Waals surface area contributed by atoms with Crippen LogP contribution in [0.25, 0.3) is 34.0 Å². The maximum Gasteiger partial charge on any atom is 0.277 e. The van der Waals surface area contributed by atoms with Gasteiger partial charge in [0, 0.05) is 17.8 Å². The van der Waals surface area contributed by atoms with Crippen molar-refractivity contribution in [2.24, 2.45) is 0 Å². The number of benzene rings is 2. The third-order valence-electron chi connectivity index (χ3n) is 4.44. The van der Waals surface area contributed by atoms with Crippen molar-refractivity contribution >= 4 is 22.8 Å². The summed E-state index contributed by atoms with van der Waals surface area (Å²) in [5.74, 6) is -0.124. The molecule has 30 heavy (non-hydrogen) atoms. The van der Waals surface area contributed by atoms with E-state index in [1.807, 2.05) is 6.07 Å². The first-order chi connectivity index (χ1) is 14.7. The molecule has 3 aromatic heterocycles. The van der Waals surface area contributed by atoms with Crippen molar-refractivity contribution in [1.29, 1.82) is 0 Å². The minimum Gasteiger partial charge on any atom is -0.434 e. The molecule has 0 saturated heterocycles. The Morgan fingerprint density at radius 2 is 1.83 bits per heavy atom. The number of fused-ring (bicyclic) bond motifs is 1. The summed E-state index contributed by atoms with van der Waals surface area (Å²) in [7, 11) is 0. The van der Waals surface area contributed by atoms with E-state index in [0.717, 1.165) is 0 Å². The average Bonchev–Trinajstić information content (AvgIpc) is 3.42. The second kappa shape index (κ2) is 7.25. The Hall–Kier alpha value is -4.33. The lowest BCUT2D eigenvalue weighted by molar-refractivity contribution is 0.101. The van der Waals surface area contributed by atoms with Crippen LogP contribution >= 0.6 is 0 Å². The van der Waals surface area contributed by atoms with Crippen LogP contribution in [0.3, 0.4) is 0 Å². The number of carbonyl (C=O) groups excluding carboxylic acids is 1. The number of amides is 1. The lowest BCUT2D eigenvalue weighted by Gasteiger charge is -2.07. The first-order valence-electron chi connectivity index (χ1n) is 9.02. The molecular weight excluding hydrogens is 387 g/mol. The number of carbonyl (C=O) groups is 1. The fourth-order valence-electron chi connectivity index (χ4n) is 2.98. The summed E-state index contributed by atoms with van der Waals surface area (Å²) in [4.78, 5) is 21.3. The Bertz CT molecular complexity index is 1330. The number of aromatic nitrogens is 3. The van der Waals surface area contributed by atoms with Crippen LogP contribution in [0.2, 0.25) is 0 Å². The van der Waals surface area contributed by atoms with E-state index in [2.05, 4.69) is 20.4 Å². The third kappa shape index (κ3) is 3.30. The van der Waals surface area contributed by atoms with Crippen LogP contribution in [0.5, 0.6) is 0 Å². The van der Waals surface area contributed by atoms with Gasteiger partial charge in [-0.15, -0.1) is 0 Å². The Labute approximate surface area is 169 Å². The molecular formula is C22H13FN4O3. The van der Waals surface area contributed by atoms with Crippen molar-refractivity contribution in [2.45, 2.75) is 0 Å². The Balaban J connectivity index is 1.42. The number of rotatable bonds is 4. The summed E-state index contributed by atoms with van der Waals surface area (Å²) in [6.07, 6.45) is 1.63. The summed E-state index contributed by atoms with van der Waals surface area (Å²) in [5, 5.41) is 6.62. The second-order valence-corrected chi connectivity index (χ2v) is 6.43. The van der Waals surface area contributed by atoms with Crippen molar-refractivity contribution in [3.63, 3.8) is 0 Å². The van der Waals surface area contributed by atoms with Crippen molar-refractivity contribution in [3.05, 3.63) is 84.4 Å². The summed E-state index contributed by atoms with van der Waals surface area (Å²) in [5.41, 5.74) is 2.83. The normalized spacial score (nSPS) is 11.0. The quantitative estimate of drug-likeness (QED) is 0.459. The van der Waals surface area contributed by atoms with Gasteiger partial charge in [0.05, 0.1) is 11.3 Å². The highest BCUT2D eigenvalue weighted by Gasteiger charge is 2.18. The molecule has 0 bridgehead atoms. The van der Waals surface area contributed by atoms with Gasteiger partial charge in [-0.25, -0.2) is 9.37 Å². The zero-order valence-corrected chi connectivity index (χ0v) is 15.4. The van der Waals surface area contributed by atoms with Crippen LogP contribution in [-0.2, 0) is 0 Å². The molecule has 2 aromatic carbocycles. The molecule has 0 aliphatic carbocycles. The monoisotopic (exact) mass is 400 g/mol. The molecule has 0 radical (unpaired) electrons. The zero-order chi connectivity index (χ0) is 20.5. The molecule has 0 saturated carbocycles. The number of para-hydroxylation sites is 1. The average molecular weight is 400 g/mol. The van der Waals surface area contributed by atoms with Crippen molar-refractivity contribution in [1.82, 2.24) is 15.1 Å². The fraction of sp³-hybridized carbons (Fsp3) is 0. The molecule has 3 heterocycles. The molecule has 0 atom stereocenters. The van der Waals surface area contributed by atoms with Gasteiger partial charge in [-0.3, -0.25) is 4.79 Å². The van der Waals surface area contributed by atoms with Gasteiger partial charge in [0.2, 0.25) is 5.89 Å². The molecule has 0 fully saturated rings. The predicted octanol–water partition coefficient (Wildman–Crippen LogP) is 4.94. The molecule has 1 N–H and O–H groups in total. The first kappa shape index (κ1) is 17.7. The van der Waals surface area contributed by atoms with E-state index in [9.17, 15) is 9.18 Å². The van der Waals surface area contributed by atoms with Gasteiger partial charge in [0.25, 0.3) is 5.91 Å². The molecule has 8 heteroatoms. The second-order valence-electron chi connectivity index (χ2n) is 6.43.